The molecule has 27 heavy (non-hydrogen) atoms. The van der Waals surface area contributed by atoms with Gasteiger partial charge in [-0.25, -0.2) is 9.37 Å². The van der Waals surface area contributed by atoms with Crippen molar-refractivity contribution in [1.29, 1.82) is 0 Å². The van der Waals surface area contributed by atoms with Crippen molar-refractivity contribution in [2.75, 3.05) is 17.2 Å². The summed E-state index contributed by atoms with van der Waals surface area (Å²) >= 11 is 0. The van der Waals surface area contributed by atoms with Crippen LogP contribution in [0.15, 0.2) is 60.8 Å². The highest BCUT2D eigenvalue weighted by atomic mass is 19.1. The average Bonchev–Trinajstić information content (AvgIpc) is 2.67. The van der Waals surface area contributed by atoms with Crippen LogP contribution < -0.4 is 10.6 Å². The van der Waals surface area contributed by atoms with Gasteiger partial charge in [-0.2, -0.15) is 0 Å². The highest BCUT2D eigenvalue weighted by Gasteiger charge is 2.10. The van der Waals surface area contributed by atoms with Crippen LogP contribution in [0.5, 0.6) is 0 Å². The summed E-state index contributed by atoms with van der Waals surface area (Å²) in [5.41, 5.74) is 4.44. The summed E-state index contributed by atoms with van der Waals surface area (Å²) < 4.78 is 12.9. The molecule has 1 aromatic heterocycles. The van der Waals surface area contributed by atoms with Crippen molar-refractivity contribution < 1.29 is 9.18 Å². The predicted octanol–water partition coefficient (Wildman–Crippen LogP) is 4.74. The summed E-state index contributed by atoms with van der Waals surface area (Å²) in [4.78, 5) is 16.8. The second-order valence-electron chi connectivity index (χ2n) is 6.46. The van der Waals surface area contributed by atoms with Gasteiger partial charge in [0.15, 0.2) is 0 Å². The maximum absolute atomic E-state index is 12.9. The molecule has 0 aliphatic rings. The van der Waals surface area contributed by atoms with E-state index in [0.717, 1.165) is 28.8 Å². The summed E-state index contributed by atoms with van der Waals surface area (Å²) in [6.45, 7) is 4.61. The van der Waals surface area contributed by atoms with E-state index in [0.29, 0.717) is 17.9 Å². The molecular formula is C22H22FN3O. The molecule has 0 saturated carbocycles. The number of anilines is 2. The van der Waals surface area contributed by atoms with Crippen LogP contribution in [0.2, 0.25) is 0 Å². The van der Waals surface area contributed by atoms with Crippen molar-refractivity contribution in [3.8, 4) is 0 Å². The molecule has 3 aromatic rings. The third-order valence-corrected chi connectivity index (χ3v) is 4.38. The van der Waals surface area contributed by atoms with Gasteiger partial charge in [0, 0.05) is 18.4 Å². The quantitative estimate of drug-likeness (QED) is 0.665. The largest absolute Gasteiger partial charge is 0.370 e. The number of amides is 1. The van der Waals surface area contributed by atoms with E-state index in [1.807, 2.05) is 32.0 Å². The van der Waals surface area contributed by atoms with Gasteiger partial charge in [-0.3, -0.25) is 4.79 Å². The molecular weight excluding hydrogens is 341 g/mol. The molecule has 138 valence electrons. The third-order valence-electron chi connectivity index (χ3n) is 4.38. The number of nitrogens with zero attached hydrogens (tertiary/aromatic N) is 1. The zero-order chi connectivity index (χ0) is 19.2. The first-order chi connectivity index (χ1) is 13.0. The first-order valence-corrected chi connectivity index (χ1v) is 8.85. The number of hydrogen-bond donors (Lipinski definition) is 2. The molecule has 5 heteroatoms. The van der Waals surface area contributed by atoms with Crippen LogP contribution in [-0.4, -0.2) is 17.4 Å². The second-order valence-corrected chi connectivity index (χ2v) is 6.46. The van der Waals surface area contributed by atoms with Crippen LogP contribution in [0.25, 0.3) is 0 Å². The first-order valence-electron chi connectivity index (χ1n) is 8.85. The number of aromatic nitrogens is 1. The third kappa shape index (κ3) is 4.91. The minimum absolute atomic E-state index is 0.183. The number of aryl methyl sites for hydroxylation is 2. The molecule has 1 amide bonds. The molecule has 4 nitrogen and oxygen atoms in total. The summed E-state index contributed by atoms with van der Waals surface area (Å²) in [5.74, 6) is 0.279. The molecule has 0 saturated heterocycles. The molecule has 0 aliphatic carbocycles. The smallest absolute Gasteiger partial charge is 0.257 e. The van der Waals surface area contributed by atoms with E-state index in [-0.39, 0.29) is 11.7 Å². The number of pyridine rings is 1. The Hall–Kier alpha value is -3.21. The van der Waals surface area contributed by atoms with Crippen molar-refractivity contribution in [3.05, 3.63) is 88.9 Å². The number of para-hydroxylation sites is 1. The Labute approximate surface area is 158 Å². The van der Waals surface area contributed by atoms with Gasteiger partial charge < -0.3 is 10.6 Å². The predicted molar refractivity (Wildman–Crippen MR) is 107 cm³/mol. The van der Waals surface area contributed by atoms with Crippen LogP contribution in [0.1, 0.15) is 27.0 Å². The van der Waals surface area contributed by atoms with Crippen LogP contribution in [0.4, 0.5) is 15.9 Å². The van der Waals surface area contributed by atoms with Gasteiger partial charge in [0.05, 0.1) is 5.56 Å². The zero-order valence-electron chi connectivity index (χ0n) is 15.4. The number of carbonyl (C=O) groups excluding carboxylic acids is 1. The van der Waals surface area contributed by atoms with Crippen molar-refractivity contribution in [3.63, 3.8) is 0 Å². The van der Waals surface area contributed by atoms with Gasteiger partial charge in [-0.05, 0) is 61.2 Å². The molecule has 1 heterocycles. The van der Waals surface area contributed by atoms with Crippen LogP contribution in [0.3, 0.4) is 0 Å². The number of halogens is 1. The van der Waals surface area contributed by atoms with Crippen molar-refractivity contribution in [2.45, 2.75) is 20.3 Å². The normalized spacial score (nSPS) is 10.5. The minimum atomic E-state index is -0.233. The Balaban J connectivity index is 1.56. The number of benzene rings is 2. The monoisotopic (exact) mass is 363 g/mol. The van der Waals surface area contributed by atoms with E-state index in [2.05, 4.69) is 15.6 Å². The first kappa shape index (κ1) is 18.6. The van der Waals surface area contributed by atoms with Gasteiger partial charge in [-0.1, -0.05) is 30.3 Å². The standard InChI is InChI=1S/C22H22FN3O/c1-15-4-3-5-16(2)21(15)26-22(27)18-8-11-20(25-14-18)24-13-12-17-6-9-19(23)10-7-17/h3-11,14H,12-13H2,1-2H3,(H,24,25)(H,26,27). The van der Waals surface area contributed by atoms with Gasteiger partial charge in [0.1, 0.15) is 11.6 Å². The molecule has 2 N–H and O–H groups in total. The molecule has 0 bridgehead atoms. The SMILES string of the molecule is Cc1cccc(C)c1NC(=O)c1ccc(NCCc2ccc(F)cc2)nc1. The highest BCUT2D eigenvalue weighted by Crippen LogP contribution is 2.20. The fourth-order valence-corrected chi connectivity index (χ4v) is 2.82. The van der Waals surface area contributed by atoms with Crippen molar-refractivity contribution in [1.82, 2.24) is 4.98 Å². The zero-order valence-corrected chi connectivity index (χ0v) is 15.4. The Bertz CT molecular complexity index is 901. The van der Waals surface area contributed by atoms with Gasteiger partial charge >= 0.3 is 0 Å². The molecule has 3 rings (SSSR count). The number of carbonyl (C=O) groups is 1. The molecule has 0 aliphatic heterocycles. The minimum Gasteiger partial charge on any atom is -0.370 e. The molecule has 0 fully saturated rings. The summed E-state index contributed by atoms with van der Waals surface area (Å²) in [6, 6.07) is 15.9. The Morgan fingerprint density at radius 2 is 1.70 bits per heavy atom. The number of hydrogen-bond acceptors (Lipinski definition) is 3. The van der Waals surface area contributed by atoms with Crippen LogP contribution in [-0.2, 0) is 6.42 Å². The number of nitrogens with one attached hydrogen (secondary N) is 2. The lowest BCUT2D eigenvalue weighted by molar-refractivity contribution is 0.102. The number of rotatable bonds is 6. The molecule has 0 spiro atoms. The second kappa shape index (κ2) is 8.45. The summed E-state index contributed by atoms with van der Waals surface area (Å²) in [6.07, 6.45) is 2.32. The fraction of sp³-hybridized carbons (Fsp3) is 0.182. The lowest BCUT2D eigenvalue weighted by Gasteiger charge is -2.11. The van der Waals surface area contributed by atoms with Crippen molar-refractivity contribution >= 4 is 17.4 Å². The van der Waals surface area contributed by atoms with E-state index >= 15 is 0 Å². The topological polar surface area (TPSA) is 54.0 Å². The fourth-order valence-electron chi connectivity index (χ4n) is 2.82. The van der Waals surface area contributed by atoms with E-state index in [1.165, 1.54) is 12.1 Å². The van der Waals surface area contributed by atoms with Crippen LogP contribution in [0, 0.1) is 19.7 Å². The molecule has 0 atom stereocenters. The summed E-state index contributed by atoms with van der Waals surface area (Å²) in [5, 5.41) is 6.16. The van der Waals surface area contributed by atoms with Crippen molar-refractivity contribution in [2.24, 2.45) is 0 Å². The Morgan fingerprint density at radius 1 is 1.00 bits per heavy atom. The van der Waals surface area contributed by atoms with E-state index in [9.17, 15) is 9.18 Å². The lowest BCUT2D eigenvalue weighted by atomic mass is 10.1. The van der Waals surface area contributed by atoms with Crippen LogP contribution >= 0.6 is 0 Å². The maximum atomic E-state index is 12.9. The van der Waals surface area contributed by atoms with Gasteiger partial charge in [0.25, 0.3) is 5.91 Å². The van der Waals surface area contributed by atoms with E-state index < -0.39 is 0 Å². The van der Waals surface area contributed by atoms with Gasteiger partial charge in [0.2, 0.25) is 0 Å². The Morgan fingerprint density at radius 3 is 2.33 bits per heavy atom. The van der Waals surface area contributed by atoms with E-state index in [4.69, 9.17) is 0 Å². The average molecular weight is 363 g/mol. The lowest BCUT2D eigenvalue weighted by Crippen LogP contribution is -2.14. The molecule has 0 radical (unpaired) electrons. The highest BCUT2D eigenvalue weighted by molar-refractivity contribution is 6.04. The van der Waals surface area contributed by atoms with Gasteiger partial charge in [-0.15, -0.1) is 0 Å². The molecule has 0 unspecified atom stereocenters. The summed E-state index contributed by atoms with van der Waals surface area (Å²) in [7, 11) is 0. The van der Waals surface area contributed by atoms with E-state index in [1.54, 1.807) is 30.5 Å². The molecule has 2 aromatic carbocycles. The Kier molecular flexibility index (Phi) is 5.81. The maximum Gasteiger partial charge on any atom is 0.257 e.